The van der Waals surface area contributed by atoms with Gasteiger partial charge < -0.3 is 31.2 Å². The number of benzene rings is 2. The highest BCUT2D eigenvalue weighted by atomic mass is 35.5. The van der Waals surface area contributed by atoms with Gasteiger partial charge >= 0.3 is 0 Å². The van der Waals surface area contributed by atoms with Gasteiger partial charge in [0, 0.05) is 95.4 Å². The van der Waals surface area contributed by atoms with Gasteiger partial charge in [-0.15, -0.1) is 12.4 Å². The van der Waals surface area contributed by atoms with Gasteiger partial charge in [0.2, 0.25) is 0 Å². The molecule has 2 aromatic carbocycles. The third-order valence-corrected chi connectivity index (χ3v) is 11.8. The zero-order valence-corrected chi connectivity index (χ0v) is 32.9. The summed E-state index contributed by atoms with van der Waals surface area (Å²) in [6.45, 7) is 17.3. The Bertz CT molecular complexity index is 1690. The van der Waals surface area contributed by atoms with Gasteiger partial charge in [0.15, 0.2) is 11.6 Å². The number of halogens is 1. The lowest BCUT2D eigenvalue weighted by molar-refractivity contribution is 0.0883. The molecule has 4 fully saturated rings. The van der Waals surface area contributed by atoms with Gasteiger partial charge in [0.1, 0.15) is 0 Å². The van der Waals surface area contributed by atoms with E-state index in [1.165, 1.54) is 12.8 Å². The molecular weight excluding hydrogens is 684 g/mol. The fourth-order valence-corrected chi connectivity index (χ4v) is 8.54. The number of ketones is 2. The number of carbonyl (C=O) groups is 2. The van der Waals surface area contributed by atoms with Gasteiger partial charge in [-0.3, -0.25) is 19.4 Å². The predicted molar refractivity (Wildman–Crippen MR) is 221 cm³/mol. The van der Waals surface area contributed by atoms with Crippen molar-refractivity contribution in [1.29, 1.82) is 0 Å². The van der Waals surface area contributed by atoms with Crippen LogP contribution in [0.2, 0.25) is 0 Å². The lowest BCUT2D eigenvalue weighted by Crippen LogP contribution is -2.32. The minimum absolute atomic E-state index is 0. The third-order valence-electron chi connectivity index (χ3n) is 11.8. The van der Waals surface area contributed by atoms with Crippen molar-refractivity contribution in [1.82, 2.24) is 30.4 Å². The number of aromatic nitrogens is 2. The van der Waals surface area contributed by atoms with E-state index in [0.29, 0.717) is 24.2 Å². The van der Waals surface area contributed by atoms with E-state index in [1.54, 1.807) is 0 Å². The number of aromatic amines is 2. The Morgan fingerprint density at radius 2 is 1.00 bits per heavy atom. The smallest absolute Gasteiger partial charge is 0.182 e. The van der Waals surface area contributed by atoms with Crippen molar-refractivity contribution in [3.63, 3.8) is 0 Å². The van der Waals surface area contributed by atoms with Crippen molar-refractivity contribution in [3.05, 3.63) is 59.9 Å². The van der Waals surface area contributed by atoms with Crippen LogP contribution in [-0.4, -0.2) is 108 Å². The minimum atomic E-state index is 0. The maximum Gasteiger partial charge on any atom is 0.182 e. The van der Waals surface area contributed by atoms with Crippen molar-refractivity contribution >= 4 is 57.2 Å². The fourth-order valence-electron chi connectivity index (χ4n) is 8.54. The standard InChI is InChI=1S/2C21H30N4O.ClH/c2*1-14(2)25-10-7-18(13-25)23-17-3-4-19-16(11-17)12-20(24-19)21(26)15-5-8-22-9-6-15;/h2*3-4,11-12,14-15,18,22-24H,5-10,13H2,1-2H3;1H. The van der Waals surface area contributed by atoms with E-state index in [4.69, 9.17) is 0 Å². The summed E-state index contributed by atoms with van der Waals surface area (Å²) in [4.78, 5) is 37.2. The SMILES string of the molecule is CC(C)N1CCC(Nc2ccc3[nH]c(C(=O)C4CCNCC4)cc3c2)C1.CC(C)N1CCC(Nc2ccc3[nH]c(C(=O)C4CCNCC4)cc3c2)C1.Cl. The summed E-state index contributed by atoms with van der Waals surface area (Å²) < 4.78 is 0. The second kappa shape index (κ2) is 17.8. The maximum absolute atomic E-state index is 12.8. The van der Waals surface area contributed by atoms with Crippen LogP contribution >= 0.6 is 12.4 Å². The molecule has 0 bridgehead atoms. The van der Waals surface area contributed by atoms with Crippen LogP contribution in [0.3, 0.4) is 0 Å². The number of hydrogen-bond donors (Lipinski definition) is 6. The molecular formula is C42H61ClN8O2. The number of likely N-dealkylation sites (tertiary alicyclic amines) is 2. The molecule has 4 saturated heterocycles. The number of fused-ring (bicyclic) bond motifs is 2. The first-order valence-electron chi connectivity index (χ1n) is 20.0. The van der Waals surface area contributed by atoms with E-state index >= 15 is 0 Å². The second-order valence-electron chi connectivity index (χ2n) is 16.2. The zero-order valence-electron chi connectivity index (χ0n) is 32.1. The van der Waals surface area contributed by atoms with Gasteiger partial charge in [0.25, 0.3) is 0 Å². The number of Topliss-reactive ketones (excluding diaryl/α,β-unsaturated/α-hetero) is 2. The van der Waals surface area contributed by atoms with Gasteiger partial charge in [-0.25, -0.2) is 0 Å². The molecule has 6 heterocycles. The molecule has 2 atom stereocenters. The molecule has 2 aromatic heterocycles. The Labute approximate surface area is 321 Å². The Hall–Kier alpha value is -3.41. The highest BCUT2D eigenvalue weighted by Crippen LogP contribution is 2.27. The minimum Gasteiger partial charge on any atom is -0.381 e. The van der Waals surface area contributed by atoms with Gasteiger partial charge in [0.05, 0.1) is 11.4 Å². The summed E-state index contributed by atoms with van der Waals surface area (Å²) in [5, 5.41) is 16.2. The summed E-state index contributed by atoms with van der Waals surface area (Å²) in [6, 6.07) is 19.0. The Kier molecular flexibility index (Phi) is 13.2. The molecule has 0 spiro atoms. The summed E-state index contributed by atoms with van der Waals surface area (Å²) in [5.74, 6) is 0.839. The largest absolute Gasteiger partial charge is 0.381 e. The first-order valence-corrected chi connectivity index (χ1v) is 20.0. The van der Waals surface area contributed by atoms with Crippen molar-refractivity contribution in [2.75, 3.05) is 63.0 Å². The topological polar surface area (TPSA) is 120 Å². The molecule has 0 amide bonds. The molecule has 8 rings (SSSR count). The van der Waals surface area contributed by atoms with E-state index in [1.807, 2.05) is 12.1 Å². The van der Waals surface area contributed by atoms with Gasteiger partial charge in [-0.1, -0.05) is 0 Å². The molecule has 2 unspecified atom stereocenters. The number of carbonyl (C=O) groups excluding carboxylic acids is 2. The average Bonchev–Trinajstić information content (AvgIpc) is 3.98. The van der Waals surface area contributed by atoms with Crippen LogP contribution < -0.4 is 21.3 Å². The second-order valence-corrected chi connectivity index (χ2v) is 16.2. The first-order chi connectivity index (χ1) is 25.2. The van der Waals surface area contributed by atoms with E-state index in [9.17, 15) is 9.59 Å². The number of nitrogens with one attached hydrogen (secondary N) is 6. The lowest BCUT2D eigenvalue weighted by atomic mass is 9.92. The predicted octanol–water partition coefficient (Wildman–Crippen LogP) is 6.91. The van der Waals surface area contributed by atoms with Gasteiger partial charge in [-0.2, -0.15) is 0 Å². The highest BCUT2D eigenvalue weighted by molar-refractivity contribution is 6.02. The molecule has 0 saturated carbocycles. The number of hydrogen-bond acceptors (Lipinski definition) is 8. The normalized spacial score (nSPS) is 21.9. The van der Waals surface area contributed by atoms with E-state index < -0.39 is 0 Å². The molecule has 4 aliphatic heterocycles. The van der Waals surface area contributed by atoms with Crippen LogP contribution in [0.15, 0.2) is 48.5 Å². The zero-order chi connectivity index (χ0) is 36.2. The molecule has 0 radical (unpaired) electrons. The number of H-pyrrole nitrogens is 2. The molecule has 288 valence electrons. The molecule has 11 heteroatoms. The van der Waals surface area contributed by atoms with Crippen molar-refractivity contribution < 1.29 is 9.59 Å². The van der Waals surface area contributed by atoms with Crippen LogP contribution in [0, 0.1) is 11.8 Å². The van der Waals surface area contributed by atoms with Crippen LogP contribution in [0.5, 0.6) is 0 Å². The van der Waals surface area contributed by atoms with E-state index in [2.05, 4.69) is 105 Å². The Balaban J connectivity index is 0.000000178. The molecule has 53 heavy (non-hydrogen) atoms. The number of piperidine rings is 2. The lowest BCUT2D eigenvalue weighted by Gasteiger charge is -2.20. The summed E-state index contributed by atoms with van der Waals surface area (Å²) >= 11 is 0. The van der Waals surface area contributed by atoms with E-state index in [-0.39, 0.29) is 35.8 Å². The molecule has 10 nitrogen and oxygen atoms in total. The van der Waals surface area contributed by atoms with Crippen LogP contribution in [0.4, 0.5) is 11.4 Å². The fraction of sp³-hybridized carbons (Fsp3) is 0.571. The molecule has 4 aromatic rings. The van der Waals surface area contributed by atoms with Crippen LogP contribution in [0.25, 0.3) is 21.8 Å². The third kappa shape index (κ3) is 9.64. The Morgan fingerprint density at radius 1 is 0.604 bits per heavy atom. The monoisotopic (exact) mass is 744 g/mol. The quantitative estimate of drug-likeness (QED) is 0.0971. The van der Waals surface area contributed by atoms with Crippen molar-refractivity contribution in [2.24, 2.45) is 11.8 Å². The molecule has 4 aliphatic rings. The summed E-state index contributed by atoms with van der Waals surface area (Å²) in [5.41, 5.74) is 5.90. The Morgan fingerprint density at radius 3 is 1.36 bits per heavy atom. The molecule has 6 N–H and O–H groups in total. The van der Waals surface area contributed by atoms with Crippen LogP contribution in [0.1, 0.15) is 87.2 Å². The maximum atomic E-state index is 12.8. The summed E-state index contributed by atoms with van der Waals surface area (Å²) in [7, 11) is 0. The van der Waals surface area contributed by atoms with E-state index in [0.717, 1.165) is 123 Å². The van der Waals surface area contributed by atoms with Crippen molar-refractivity contribution in [3.8, 4) is 0 Å². The average molecular weight is 745 g/mol. The van der Waals surface area contributed by atoms with Crippen LogP contribution in [-0.2, 0) is 0 Å². The molecule has 0 aliphatic carbocycles. The first kappa shape index (κ1) is 39.3. The summed E-state index contributed by atoms with van der Waals surface area (Å²) in [6.07, 6.45) is 6.12. The van der Waals surface area contributed by atoms with Crippen molar-refractivity contribution in [2.45, 2.75) is 90.4 Å². The highest BCUT2D eigenvalue weighted by Gasteiger charge is 2.27. The van der Waals surface area contributed by atoms with Gasteiger partial charge in [-0.05, 0) is 141 Å². The number of rotatable bonds is 10. The number of nitrogens with zero attached hydrogens (tertiary/aromatic N) is 2. The number of anilines is 2.